The van der Waals surface area contributed by atoms with Crippen LogP contribution < -0.4 is 5.73 Å². The van der Waals surface area contributed by atoms with E-state index in [4.69, 9.17) is 5.73 Å². The molecule has 1 saturated carbocycles. The van der Waals surface area contributed by atoms with Gasteiger partial charge in [0.25, 0.3) is 0 Å². The summed E-state index contributed by atoms with van der Waals surface area (Å²) in [7, 11) is -3.12. The van der Waals surface area contributed by atoms with Crippen LogP contribution in [0.5, 0.6) is 0 Å². The fraction of sp³-hybridized carbons (Fsp3) is 0.455. The van der Waals surface area contributed by atoms with Crippen molar-refractivity contribution < 1.29 is 8.42 Å². The summed E-state index contributed by atoms with van der Waals surface area (Å²) in [6, 6.07) is 7.01. The van der Waals surface area contributed by atoms with E-state index in [1.54, 1.807) is 12.1 Å². The zero-order valence-electron chi connectivity index (χ0n) is 8.68. The molecule has 2 rings (SSSR count). The summed E-state index contributed by atoms with van der Waals surface area (Å²) in [6.45, 7) is 2.41. The minimum Gasteiger partial charge on any atom is -0.330 e. The molecule has 0 saturated heterocycles. The summed E-state index contributed by atoms with van der Waals surface area (Å²) in [5, 5.41) is -0.245. The van der Waals surface area contributed by atoms with Gasteiger partial charge < -0.3 is 5.73 Å². The molecule has 2 atom stereocenters. The third-order valence-corrected chi connectivity index (χ3v) is 5.21. The largest absolute Gasteiger partial charge is 0.330 e. The molecule has 15 heavy (non-hydrogen) atoms. The maximum atomic E-state index is 12.0. The standard InChI is InChI=1S/C11H15NO2S/c1-8-2-4-10(5-3-8)15(13,14)11-6-9(11)7-12/h2-5,9,11H,6-7,12H2,1H3. The molecule has 0 aromatic heterocycles. The number of hydrogen-bond acceptors (Lipinski definition) is 3. The molecule has 2 N–H and O–H groups in total. The predicted molar refractivity (Wildman–Crippen MR) is 59.3 cm³/mol. The number of aryl methyl sites for hydroxylation is 1. The second-order valence-electron chi connectivity index (χ2n) is 4.13. The highest BCUT2D eigenvalue weighted by Gasteiger charge is 2.46. The van der Waals surface area contributed by atoms with Crippen molar-refractivity contribution in [3.8, 4) is 0 Å². The molecule has 1 aliphatic rings. The van der Waals surface area contributed by atoms with Gasteiger partial charge in [-0.25, -0.2) is 8.42 Å². The molecular weight excluding hydrogens is 210 g/mol. The Labute approximate surface area is 90.2 Å². The highest BCUT2D eigenvalue weighted by Crippen LogP contribution is 2.39. The van der Waals surface area contributed by atoms with Crippen molar-refractivity contribution in [3.05, 3.63) is 29.8 Å². The Morgan fingerprint density at radius 3 is 2.40 bits per heavy atom. The lowest BCUT2D eigenvalue weighted by molar-refractivity contribution is 0.592. The monoisotopic (exact) mass is 225 g/mol. The summed E-state index contributed by atoms with van der Waals surface area (Å²) < 4.78 is 24.0. The highest BCUT2D eigenvalue weighted by atomic mass is 32.2. The van der Waals surface area contributed by atoms with E-state index in [1.165, 1.54) is 0 Å². The van der Waals surface area contributed by atoms with Crippen molar-refractivity contribution in [3.63, 3.8) is 0 Å². The van der Waals surface area contributed by atoms with Crippen molar-refractivity contribution in [1.82, 2.24) is 0 Å². The fourth-order valence-electron chi connectivity index (χ4n) is 1.75. The van der Waals surface area contributed by atoms with Gasteiger partial charge in [0, 0.05) is 0 Å². The van der Waals surface area contributed by atoms with Crippen LogP contribution in [-0.2, 0) is 9.84 Å². The first-order chi connectivity index (χ1) is 7.05. The first kappa shape index (κ1) is 10.6. The first-order valence-corrected chi connectivity index (χ1v) is 6.61. The molecule has 0 bridgehead atoms. The van der Waals surface area contributed by atoms with E-state index in [-0.39, 0.29) is 11.2 Å². The van der Waals surface area contributed by atoms with Crippen LogP contribution in [0.1, 0.15) is 12.0 Å². The summed E-state index contributed by atoms with van der Waals surface area (Å²) in [6.07, 6.45) is 0.715. The Bertz CT molecular complexity index is 450. The molecule has 4 heteroatoms. The molecule has 1 aromatic rings. The minimum absolute atomic E-state index is 0.163. The van der Waals surface area contributed by atoms with Gasteiger partial charge in [0.1, 0.15) is 0 Å². The Morgan fingerprint density at radius 1 is 1.33 bits per heavy atom. The molecule has 0 aliphatic heterocycles. The van der Waals surface area contributed by atoms with Crippen molar-refractivity contribution in [1.29, 1.82) is 0 Å². The Kier molecular flexibility index (Phi) is 2.56. The molecule has 0 amide bonds. The van der Waals surface area contributed by atoms with Crippen LogP contribution in [0.15, 0.2) is 29.2 Å². The molecule has 0 heterocycles. The first-order valence-electron chi connectivity index (χ1n) is 5.06. The van der Waals surface area contributed by atoms with Crippen LogP contribution in [0.2, 0.25) is 0 Å². The van der Waals surface area contributed by atoms with E-state index in [2.05, 4.69) is 0 Å². The van der Waals surface area contributed by atoms with Gasteiger partial charge in [-0.2, -0.15) is 0 Å². The zero-order valence-corrected chi connectivity index (χ0v) is 9.50. The number of benzene rings is 1. The zero-order chi connectivity index (χ0) is 11.1. The van der Waals surface area contributed by atoms with Crippen LogP contribution >= 0.6 is 0 Å². The number of nitrogens with two attached hydrogens (primary N) is 1. The summed E-state index contributed by atoms with van der Waals surface area (Å²) in [5.74, 6) is 0.163. The summed E-state index contributed by atoms with van der Waals surface area (Å²) >= 11 is 0. The number of sulfone groups is 1. The number of rotatable bonds is 3. The molecule has 3 nitrogen and oxygen atoms in total. The molecule has 1 fully saturated rings. The SMILES string of the molecule is Cc1ccc(S(=O)(=O)C2CC2CN)cc1. The van der Waals surface area contributed by atoms with E-state index >= 15 is 0 Å². The van der Waals surface area contributed by atoms with Crippen LogP contribution in [-0.4, -0.2) is 20.2 Å². The van der Waals surface area contributed by atoms with Crippen molar-refractivity contribution in [2.24, 2.45) is 11.7 Å². The van der Waals surface area contributed by atoms with Crippen LogP contribution in [0.3, 0.4) is 0 Å². The quantitative estimate of drug-likeness (QED) is 0.838. The predicted octanol–water partition coefficient (Wildman–Crippen LogP) is 1.12. The molecular formula is C11H15NO2S. The van der Waals surface area contributed by atoms with Crippen LogP contribution in [0.25, 0.3) is 0 Å². The second-order valence-corrected chi connectivity index (χ2v) is 6.29. The average Bonchev–Trinajstić information content (AvgIpc) is 2.98. The minimum atomic E-state index is -3.12. The van der Waals surface area contributed by atoms with Crippen LogP contribution in [0, 0.1) is 12.8 Å². The molecule has 1 aromatic carbocycles. The van der Waals surface area contributed by atoms with Gasteiger partial charge in [0.05, 0.1) is 10.1 Å². The van der Waals surface area contributed by atoms with Gasteiger partial charge in [-0.3, -0.25) is 0 Å². The maximum absolute atomic E-state index is 12.0. The molecule has 0 radical (unpaired) electrons. The topological polar surface area (TPSA) is 60.2 Å². The van der Waals surface area contributed by atoms with Gasteiger partial charge in [-0.15, -0.1) is 0 Å². The van der Waals surface area contributed by atoms with Gasteiger partial charge in [-0.1, -0.05) is 17.7 Å². The van der Waals surface area contributed by atoms with Gasteiger partial charge in [-0.05, 0) is 37.9 Å². The summed E-state index contributed by atoms with van der Waals surface area (Å²) in [5.41, 5.74) is 6.53. The molecule has 2 unspecified atom stereocenters. The Morgan fingerprint density at radius 2 is 1.93 bits per heavy atom. The highest BCUT2D eigenvalue weighted by molar-refractivity contribution is 7.92. The van der Waals surface area contributed by atoms with Crippen molar-refractivity contribution >= 4 is 9.84 Å². The lowest BCUT2D eigenvalue weighted by atomic mass is 10.2. The average molecular weight is 225 g/mol. The molecule has 1 aliphatic carbocycles. The lowest BCUT2D eigenvalue weighted by Crippen LogP contribution is -2.13. The molecule has 0 spiro atoms. The smallest absolute Gasteiger partial charge is 0.181 e. The Balaban J connectivity index is 2.27. The molecule has 82 valence electrons. The van der Waals surface area contributed by atoms with E-state index < -0.39 is 9.84 Å². The van der Waals surface area contributed by atoms with Crippen LogP contribution in [0.4, 0.5) is 0 Å². The van der Waals surface area contributed by atoms with E-state index in [0.29, 0.717) is 17.9 Å². The van der Waals surface area contributed by atoms with Gasteiger partial charge in [0.15, 0.2) is 9.84 Å². The van der Waals surface area contributed by atoms with Gasteiger partial charge >= 0.3 is 0 Å². The Hall–Kier alpha value is -0.870. The second kappa shape index (κ2) is 3.61. The van der Waals surface area contributed by atoms with E-state index in [1.807, 2.05) is 19.1 Å². The lowest BCUT2D eigenvalue weighted by Gasteiger charge is -2.03. The van der Waals surface area contributed by atoms with Crippen molar-refractivity contribution in [2.45, 2.75) is 23.5 Å². The third-order valence-electron chi connectivity index (χ3n) is 2.91. The van der Waals surface area contributed by atoms with E-state index in [0.717, 1.165) is 5.56 Å². The fourth-order valence-corrected chi connectivity index (χ4v) is 3.73. The normalized spacial score (nSPS) is 25.2. The third kappa shape index (κ3) is 1.92. The number of hydrogen-bond donors (Lipinski definition) is 1. The van der Waals surface area contributed by atoms with E-state index in [9.17, 15) is 8.42 Å². The maximum Gasteiger partial charge on any atom is 0.181 e. The summed E-state index contributed by atoms with van der Waals surface area (Å²) in [4.78, 5) is 0.425. The van der Waals surface area contributed by atoms with Crippen molar-refractivity contribution in [2.75, 3.05) is 6.54 Å². The van der Waals surface area contributed by atoms with Gasteiger partial charge in [0.2, 0.25) is 0 Å².